The van der Waals surface area contributed by atoms with Crippen LogP contribution in [0.5, 0.6) is 5.75 Å². The maximum Gasteiger partial charge on any atom is 0.319 e. The maximum absolute atomic E-state index is 12.1. The zero-order valence-electron chi connectivity index (χ0n) is 11.1. The molecule has 0 aromatic heterocycles. The van der Waals surface area contributed by atoms with Crippen LogP contribution in [0.1, 0.15) is 12.8 Å². The summed E-state index contributed by atoms with van der Waals surface area (Å²) in [5, 5.41) is 13.4. The Morgan fingerprint density at radius 1 is 1.29 bits per heavy atom. The molecule has 0 bridgehead atoms. The Bertz CT molecular complexity index is 483. The SMILES string of the molecule is O=C(O)CCCNC(=O)Nc1ccccc1OCC(F)F. The Hall–Kier alpha value is -2.38. The molecule has 0 aliphatic heterocycles. The van der Waals surface area contributed by atoms with Crippen LogP contribution in [-0.2, 0) is 4.79 Å². The van der Waals surface area contributed by atoms with E-state index < -0.39 is 25.0 Å². The van der Waals surface area contributed by atoms with Crippen LogP contribution in [0.4, 0.5) is 19.3 Å². The second kappa shape index (κ2) is 8.72. The number of anilines is 1. The van der Waals surface area contributed by atoms with Gasteiger partial charge in [0.05, 0.1) is 5.69 Å². The summed E-state index contributed by atoms with van der Waals surface area (Å²) in [5.74, 6) is -0.804. The molecule has 1 aromatic carbocycles. The number of nitrogens with one attached hydrogen (secondary N) is 2. The van der Waals surface area contributed by atoms with E-state index in [1.807, 2.05) is 0 Å². The van der Waals surface area contributed by atoms with Gasteiger partial charge in [0.25, 0.3) is 6.43 Å². The van der Waals surface area contributed by atoms with Crippen LogP contribution < -0.4 is 15.4 Å². The number of alkyl halides is 2. The van der Waals surface area contributed by atoms with Crippen LogP contribution in [0.2, 0.25) is 0 Å². The van der Waals surface area contributed by atoms with E-state index in [0.29, 0.717) is 6.42 Å². The van der Waals surface area contributed by atoms with Crippen molar-refractivity contribution in [2.75, 3.05) is 18.5 Å². The number of carboxylic acids is 1. The third kappa shape index (κ3) is 7.09. The summed E-state index contributed by atoms with van der Waals surface area (Å²) in [6, 6.07) is 5.62. The highest BCUT2D eigenvalue weighted by Crippen LogP contribution is 2.23. The zero-order chi connectivity index (χ0) is 15.7. The molecule has 1 rings (SSSR count). The highest BCUT2D eigenvalue weighted by Gasteiger charge is 2.09. The molecule has 2 amide bonds. The summed E-state index contributed by atoms with van der Waals surface area (Å²) >= 11 is 0. The van der Waals surface area contributed by atoms with Gasteiger partial charge in [-0.2, -0.15) is 0 Å². The number of halogens is 2. The van der Waals surface area contributed by atoms with Crippen molar-refractivity contribution in [1.82, 2.24) is 5.32 Å². The number of benzene rings is 1. The minimum atomic E-state index is -2.61. The Morgan fingerprint density at radius 2 is 2.00 bits per heavy atom. The molecule has 21 heavy (non-hydrogen) atoms. The second-order valence-electron chi connectivity index (χ2n) is 4.08. The minimum absolute atomic E-state index is 0.0473. The topological polar surface area (TPSA) is 87.7 Å². The number of hydrogen-bond donors (Lipinski definition) is 3. The number of carbonyl (C=O) groups is 2. The smallest absolute Gasteiger partial charge is 0.319 e. The molecule has 0 radical (unpaired) electrons. The van der Waals surface area contributed by atoms with Crippen molar-refractivity contribution in [3.8, 4) is 5.75 Å². The van der Waals surface area contributed by atoms with E-state index in [-0.39, 0.29) is 24.4 Å². The molecule has 8 heteroatoms. The number of aliphatic carboxylic acids is 1. The molecule has 6 nitrogen and oxygen atoms in total. The Labute approximate surface area is 120 Å². The maximum atomic E-state index is 12.1. The number of para-hydroxylation sites is 2. The fraction of sp³-hybridized carbons (Fsp3) is 0.385. The molecule has 0 aliphatic carbocycles. The average molecular weight is 302 g/mol. The minimum Gasteiger partial charge on any atom is -0.485 e. The van der Waals surface area contributed by atoms with E-state index in [2.05, 4.69) is 10.6 Å². The fourth-order valence-electron chi connectivity index (χ4n) is 1.46. The second-order valence-corrected chi connectivity index (χ2v) is 4.08. The molecular formula is C13H16F2N2O4. The van der Waals surface area contributed by atoms with Gasteiger partial charge in [-0.1, -0.05) is 12.1 Å². The van der Waals surface area contributed by atoms with E-state index in [9.17, 15) is 18.4 Å². The van der Waals surface area contributed by atoms with Gasteiger partial charge in [-0.15, -0.1) is 0 Å². The summed E-state index contributed by atoms with van der Waals surface area (Å²) < 4.78 is 29.1. The van der Waals surface area contributed by atoms with Gasteiger partial charge in [-0.25, -0.2) is 13.6 Å². The molecular weight excluding hydrogens is 286 g/mol. The fourth-order valence-corrected chi connectivity index (χ4v) is 1.46. The molecule has 3 N–H and O–H groups in total. The first-order valence-corrected chi connectivity index (χ1v) is 6.25. The molecule has 0 unspecified atom stereocenters. The van der Waals surface area contributed by atoms with Crippen LogP contribution in [0.25, 0.3) is 0 Å². The molecule has 116 valence electrons. The average Bonchev–Trinajstić information content (AvgIpc) is 2.42. The van der Waals surface area contributed by atoms with Gasteiger partial charge in [0.2, 0.25) is 0 Å². The number of urea groups is 1. The predicted molar refractivity (Wildman–Crippen MR) is 71.8 cm³/mol. The van der Waals surface area contributed by atoms with Crippen molar-refractivity contribution in [1.29, 1.82) is 0 Å². The summed E-state index contributed by atoms with van der Waals surface area (Å²) in [5.41, 5.74) is 0.258. The van der Waals surface area contributed by atoms with Gasteiger partial charge in [-0.05, 0) is 18.6 Å². The van der Waals surface area contributed by atoms with Crippen molar-refractivity contribution in [3.63, 3.8) is 0 Å². The first-order valence-electron chi connectivity index (χ1n) is 6.25. The molecule has 1 aromatic rings. The highest BCUT2D eigenvalue weighted by atomic mass is 19.3. The van der Waals surface area contributed by atoms with Gasteiger partial charge >= 0.3 is 12.0 Å². The van der Waals surface area contributed by atoms with Crippen molar-refractivity contribution in [2.45, 2.75) is 19.3 Å². The molecule has 0 atom stereocenters. The zero-order valence-corrected chi connectivity index (χ0v) is 11.1. The molecule has 0 heterocycles. The van der Waals surface area contributed by atoms with Gasteiger partial charge < -0.3 is 20.5 Å². The Balaban J connectivity index is 2.46. The highest BCUT2D eigenvalue weighted by molar-refractivity contribution is 5.90. The Morgan fingerprint density at radius 3 is 2.67 bits per heavy atom. The predicted octanol–water partition coefficient (Wildman–Crippen LogP) is 2.32. The van der Waals surface area contributed by atoms with Crippen LogP contribution in [0.3, 0.4) is 0 Å². The lowest BCUT2D eigenvalue weighted by Crippen LogP contribution is -2.30. The third-order valence-corrected chi connectivity index (χ3v) is 2.35. The molecule has 0 saturated carbocycles. The lowest BCUT2D eigenvalue weighted by molar-refractivity contribution is -0.137. The third-order valence-electron chi connectivity index (χ3n) is 2.35. The van der Waals surface area contributed by atoms with Crippen LogP contribution >= 0.6 is 0 Å². The number of amides is 2. The number of carboxylic acid groups (broad SMARTS) is 1. The van der Waals surface area contributed by atoms with E-state index in [0.717, 1.165) is 0 Å². The lowest BCUT2D eigenvalue weighted by atomic mass is 10.3. The Kier molecular flexibility index (Phi) is 6.93. The molecule has 0 aliphatic rings. The van der Waals surface area contributed by atoms with Crippen LogP contribution in [-0.4, -0.2) is 36.7 Å². The first kappa shape index (κ1) is 16.7. The van der Waals surface area contributed by atoms with Gasteiger partial charge in [-0.3, -0.25) is 4.79 Å². The van der Waals surface area contributed by atoms with Gasteiger partial charge in [0.15, 0.2) is 0 Å². The van der Waals surface area contributed by atoms with Crippen molar-refractivity contribution >= 4 is 17.7 Å². The quantitative estimate of drug-likeness (QED) is 0.643. The lowest BCUT2D eigenvalue weighted by Gasteiger charge is -2.12. The first-order chi connectivity index (χ1) is 9.99. The van der Waals surface area contributed by atoms with Gasteiger partial charge in [0.1, 0.15) is 12.4 Å². The van der Waals surface area contributed by atoms with Crippen LogP contribution in [0.15, 0.2) is 24.3 Å². The summed E-state index contributed by atoms with van der Waals surface area (Å²) in [6.45, 7) is -0.572. The van der Waals surface area contributed by atoms with Crippen molar-refractivity contribution in [2.24, 2.45) is 0 Å². The normalized spacial score (nSPS) is 10.2. The van der Waals surface area contributed by atoms with E-state index in [1.165, 1.54) is 12.1 Å². The number of hydrogen-bond acceptors (Lipinski definition) is 3. The number of carbonyl (C=O) groups excluding carboxylic acids is 1. The summed E-state index contributed by atoms with van der Waals surface area (Å²) in [4.78, 5) is 21.9. The molecule has 0 fully saturated rings. The monoisotopic (exact) mass is 302 g/mol. The molecule has 0 spiro atoms. The number of ether oxygens (including phenoxy) is 1. The summed E-state index contributed by atoms with van der Waals surface area (Å²) in [7, 11) is 0. The number of rotatable bonds is 8. The van der Waals surface area contributed by atoms with E-state index in [1.54, 1.807) is 12.1 Å². The largest absolute Gasteiger partial charge is 0.485 e. The van der Waals surface area contributed by atoms with Crippen LogP contribution in [0, 0.1) is 0 Å². The van der Waals surface area contributed by atoms with Gasteiger partial charge in [0, 0.05) is 13.0 Å². The van der Waals surface area contributed by atoms with E-state index >= 15 is 0 Å². The standard InChI is InChI=1S/C13H16F2N2O4/c14-11(15)8-21-10-5-2-1-4-9(10)17-13(20)16-7-3-6-12(18)19/h1-2,4-5,11H,3,6-8H2,(H,18,19)(H2,16,17,20). The summed E-state index contributed by atoms with van der Waals surface area (Å²) in [6.07, 6.45) is -2.36. The van der Waals surface area contributed by atoms with Crippen molar-refractivity contribution in [3.05, 3.63) is 24.3 Å². The van der Waals surface area contributed by atoms with Crippen molar-refractivity contribution < 1.29 is 28.2 Å². The molecule has 0 saturated heterocycles. The van der Waals surface area contributed by atoms with E-state index in [4.69, 9.17) is 9.84 Å².